The molecule has 1 saturated heterocycles. The fourth-order valence-electron chi connectivity index (χ4n) is 3.83. The van der Waals surface area contributed by atoms with Crippen molar-refractivity contribution in [3.05, 3.63) is 16.3 Å². The van der Waals surface area contributed by atoms with E-state index in [-0.39, 0.29) is 17.7 Å². The molecule has 2 N–H and O–H groups in total. The summed E-state index contributed by atoms with van der Waals surface area (Å²) in [5, 5.41) is 2.07. The number of nitrogens with zero attached hydrogens (tertiary/aromatic N) is 3. The fraction of sp³-hybridized carbons (Fsp3) is 0.556. The van der Waals surface area contributed by atoms with Crippen LogP contribution in [0.1, 0.15) is 35.5 Å². The number of hydrogen-bond donors (Lipinski definition) is 1. The first-order valence-electron chi connectivity index (χ1n) is 9.01. The molecule has 2 aromatic rings. The van der Waals surface area contributed by atoms with Crippen LogP contribution in [0, 0.1) is 12.8 Å². The van der Waals surface area contributed by atoms with Gasteiger partial charge in [0, 0.05) is 23.4 Å². The van der Waals surface area contributed by atoms with Crippen LogP contribution in [0.2, 0.25) is 0 Å². The van der Waals surface area contributed by atoms with Gasteiger partial charge in [0.05, 0.1) is 11.7 Å². The van der Waals surface area contributed by atoms with Gasteiger partial charge in [0.15, 0.2) is 0 Å². The molecule has 0 saturated carbocycles. The number of hydrogen-bond acceptors (Lipinski definition) is 6. The Labute approximate surface area is 160 Å². The Morgan fingerprint density at radius 3 is 2.96 bits per heavy atom. The van der Waals surface area contributed by atoms with Crippen molar-refractivity contribution < 1.29 is 9.59 Å². The summed E-state index contributed by atoms with van der Waals surface area (Å²) in [7, 11) is 0. The molecule has 0 bridgehead atoms. The average molecular weight is 391 g/mol. The molecule has 138 valence electrons. The maximum atomic E-state index is 12.6. The molecule has 2 aliphatic rings. The number of likely N-dealkylation sites (tertiary alicyclic amines) is 1. The predicted octanol–water partition coefficient (Wildman–Crippen LogP) is 2.30. The molecule has 2 aromatic heterocycles. The first kappa shape index (κ1) is 17.7. The number of carbonyl (C=O) groups excluding carboxylic acids is 2. The molecule has 6 nitrogen and oxygen atoms in total. The van der Waals surface area contributed by atoms with Gasteiger partial charge in [0.1, 0.15) is 15.7 Å². The van der Waals surface area contributed by atoms with Gasteiger partial charge >= 0.3 is 0 Å². The van der Waals surface area contributed by atoms with E-state index < -0.39 is 0 Å². The molecule has 2 amide bonds. The molecule has 8 heteroatoms. The topological polar surface area (TPSA) is 89.2 Å². The van der Waals surface area contributed by atoms with Crippen molar-refractivity contribution in [3.63, 3.8) is 0 Å². The lowest BCUT2D eigenvalue weighted by Gasteiger charge is -2.31. The highest BCUT2D eigenvalue weighted by Crippen LogP contribution is 2.40. The molecule has 1 aliphatic heterocycles. The van der Waals surface area contributed by atoms with Crippen LogP contribution in [0.5, 0.6) is 0 Å². The van der Waals surface area contributed by atoms with Gasteiger partial charge in [-0.15, -0.1) is 11.3 Å². The zero-order chi connectivity index (χ0) is 18.3. The summed E-state index contributed by atoms with van der Waals surface area (Å²) < 4.78 is 0. The van der Waals surface area contributed by atoms with Crippen molar-refractivity contribution in [1.29, 1.82) is 0 Å². The molecule has 0 spiro atoms. The lowest BCUT2D eigenvalue weighted by molar-refractivity contribution is -0.132. The van der Waals surface area contributed by atoms with Gasteiger partial charge < -0.3 is 10.6 Å². The molecule has 1 atom stereocenters. The van der Waals surface area contributed by atoms with Crippen LogP contribution in [-0.2, 0) is 22.4 Å². The average Bonchev–Trinajstić information content (AvgIpc) is 3.19. The molecule has 1 fully saturated rings. The van der Waals surface area contributed by atoms with Crippen molar-refractivity contribution in [1.82, 2.24) is 14.9 Å². The highest BCUT2D eigenvalue weighted by molar-refractivity contribution is 8.00. The Morgan fingerprint density at radius 1 is 1.31 bits per heavy atom. The second-order valence-electron chi connectivity index (χ2n) is 6.98. The SMILES string of the molecule is Cc1nc(SCC(=O)N2CCC[C@H](C(N)=O)C2)c2c3c(sc2n1)CCC3. The Hall–Kier alpha value is -1.67. The highest BCUT2D eigenvalue weighted by Gasteiger charge is 2.28. The Bertz CT molecular complexity index is 880. The summed E-state index contributed by atoms with van der Waals surface area (Å²) in [5.41, 5.74) is 6.80. The number of primary amides is 1. The molecule has 0 unspecified atom stereocenters. The predicted molar refractivity (Wildman–Crippen MR) is 103 cm³/mol. The Balaban J connectivity index is 1.51. The van der Waals surface area contributed by atoms with Crippen LogP contribution >= 0.6 is 23.1 Å². The summed E-state index contributed by atoms with van der Waals surface area (Å²) >= 11 is 3.26. The molecule has 26 heavy (non-hydrogen) atoms. The number of thioether (sulfide) groups is 1. The van der Waals surface area contributed by atoms with E-state index in [0.717, 1.165) is 46.8 Å². The van der Waals surface area contributed by atoms with Gasteiger partial charge in [-0.25, -0.2) is 9.97 Å². The van der Waals surface area contributed by atoms with E-state index >= 15 is 0 Å². The lowest BCUT2D eigenvalue weighted by Crippen LogP contribution is -2.44. The lowest BCUT2D eigenvalue weighted by atomic mass is 9.97. The molecular formula is C18H22N4O2S2. The van der Waals surface area contributed by atoms with E-state index in [9.17, 15) is 9.59 Å². The highest BCUT2D eigenvalue weighted by atomic mass is 32.2. The fourth-order valence-corrected chi connectivity index (χ4v) is 6.20. The molecule has 3 heterocycles. The largest absolute Gasteiger partial charge is 0.369 e. The number of piperidine rings is 1. The smallest absolute Gasteiger partial charge is 0.233 e. The summed E-state index contributed by atoms with van der Waals surface area (Å²) in [6.07, 6.45) is 5.00. The molecule has 1 aliphatic carbocycles. The second kappa shape index (κ2) is 7.15. The minimum absolute atomic E-state index is 0.0530. The third kappa shape index (κ3) is 3.32. The summed E-state index contributed by atoms with van der Waals surface area (Å²) in [6.45, 7) is 3.05. The van der Waals surface area contributed by atoms with Crippen LogP contribution in [0.3, 0.4) is 0 Å². The van der Waals surface area contributed by atoms with Crippen molar-refractivity contribution in [2.75, 3.05) is 18.8 Å². The van der Waals surface area contributed by atoms with Crippen molar-refractivity contribution in [3.8, 4) is 0 Å². The first-order chi connectivity index (χ1) is 12.5. The number of rotatable bonds is 4. The number of carbonyl (C=O) groups is 2. The van der Waals surface area contributed by atoms with Gasteiger partial charge in [0.2, 0.25) is 11.8 Å². The molecule has 4 rings (SSSR count). The van der Waals surface area contributed by atoms with Crippen LogP contribution in [-0.4, -0.2) is 45.5 Å². The van der Waals surface area contributed by atoms with E-state index in [1.165, 1.54) is 28.6 Å². The summed E-state index contributed by atoms with van der Waals surface area (Å²) in [6, 6.07) is 0. The molecule has 0 aromatic carbocycles. The van der Waals surface area contributed by atoms with Crippen molar-refractivity contribution in [2.45, 2.75) is 44.1 Å². The zero-order valence-corrected chi connectivity index (χ0v) is 16.4. The zero-order valence-electron chi connectivity index (χ0n) is 14.8. The number of fused-ring (bicyclic) bond motifs is 3. The minimum Gasteiger partial charge on any atom is -0.369 e. The monoisotopic (exact) mass is 390 g/mol. The maximum absolute atomic E-state index is 12.6. The summed E-state index contributed by atoms with van der Waals surface area (Å²) in [5.74, 6) is 0.612. The van der Waals surface area contributed by atoms with Gasteiger partial charge in [-0.3, -0.25) is 9.59 Å². The van der Waals surface area contributed by atoms with Gasteiger partial charge in [-0.05, 0) is 44.6 Å². The second-order valence-corrected chi connectivity index (χ2v) is 9.03. The standard InChI is InChI=1S/C18H22N4O2S2/c1-10-20-17(15-12-5-2-6-13(12)26-18(15)21-10)25-9-14(23)22-7-3-4-11(8-22)16(19)24/h11H,2-9H2,1H3,(H2,19,24)/t11-/m0/s1. The number of thiophene rings is 1. The van der Waals surface area contributed by atoms with E-state index in [2.05, 4.69) is 9.97 Å². The van der Waals surface area contributed by atoms with Crippen LogP contribution in [0.15, 0.2) is 5.03 Å². The minimum atomic E-state index is -0.308. The quantitative estimate of drug-likeness (QED) is 0.639. The van der Waals surface area contributed by atoms with Crippen LogP contribution in [0.25, 0.3) is 10.2 Å². The van der Waals surface area contributed by atoms with Crippen LogP contribution in [0.4, 0.5) is 0 Å². The van der Waals surface area contributed by atoms with Gasteiger partial charge in [-0.2, -0.15) is 0 Å². The van der Waals surface area contributed by atoms with Gasteiger partial charge in [-0.1, -0.05) is 11.8 Å². The van der Waals surface area contributed by atoms with Crippen LogP contribution < -0.4 is 5.73 Å². The number of aromatic nitrogens is 2. The number of nitrogens with two attached hydrogens (primary N) is 1. The van der Waals surface area contributed by atoms with E-state index in [0.29, 0.717) is 18.8 Å². The summed E-state index contributed by atoms with van der Waals surface area (Å²) in [4.78, 5) is 37.5. The number of aryl methyl sites for hydroxylation is 3. The third-order valence-corrected chi connectivity index (χ3v) is 7.30. The van der Waals surface area contributed by atoms with Crippen molar-refractivity contribution in [2.24, 2.45) is 11.7 Å². The van der Waals surface area contributed by atoms with Crippen molar-refractivity contribution >= 4 is 45.1 Å². The Kier molecular flexibility index (Phi) is 4.88. The van der Waals surface area contributed by atoms with E-state index in [4.69, 9.17) is 5.73 Å². The van der Waals surface area contributed by atoms with Gasteiger partial charge in [0.25, 0.3) is 0 Å². The molecule has 0 radical (unpaired) electrons. The van der Waals surface area contributed by atoms with E-state index in [1.54, 1.807) is 16.2 Å². The molecular weight excluding hydrogens is 368 g/mol. The first-order valence-corrected chi connectivity index (χ1v) is 10.8. The Morgan fingerprint density at radius 2 is 2.15 bits per heavy atom. The normalized spacial score (nSPS) is 19.7. The number of amides is 2. The third-order valence-electron chi connectivity index (χ3n) is 5.15. The van der Waals surface area contributed by atoms with E-state index in [1.807, 2.05) is 6.92 Å². The maximum Gasteiger partial charge on any atom is 0.233 e.